The lowest BCUT2D eigenvalue weighted by atomic mass is 9.96. The predicted molar refractivity (Wildman–Crippen MR) is 89.9 cm³/mol. The van der Waals surface area contributed by atoms with Crippen LogP contribution < -0.4 is 11.1 Å². The molecule has 0 spiro atoms. The summed E-state index contributed by atoms with van der Waals surface area (Å²) in [6.07, 6.45) is 5.75. The number of aryl methyl sites for hydroxylation is 3. The SMILES string of the molecule is Cc1ccc(CCC(=O)NC2(CN)CCCC2)c(C)c1.Cl. The number of carbonyl (C=O) groups excluding carboxylic acids is 1. The molecule has 3 nitrogen and oxygen atoms in total. The third-order valence-electron chi connectivity index (χ3n) is 4.48. The van der Waals surface area contributed by atoms with E-state index in [-0.39, 0.29) is 23.9 Å². The summed E-state index contributed by atoms with van der Waals surface area (Å²) in [5.41, 5.74) is 9.53. The zero-order valence-corrected chi connectivity index (χ0v) is 13.9. The molecule has 4 heteroatoms. The molecular formula is C17H27ClN2O. The van der Waals surface area contributed by atoms with E-state index in [2.05, 4.69) is 37.4 Å². The van der Waals surface area contributed by atoms with Crippen LogP contribution in [0.2, 0.25) is 0 Å². The standard InChI is InChI=1S/C17H26N2O.ClH/c1-13-5-6-15(14(2)11-13)7-8-16(20)19-17(12-18)9-3-4-10-17;/h5-6,11H,3-4,7-10,12,18H2,1-2H3,(H,19,20);1H. The van der Waals surface area contributed by atoms with Crippen molar-refractivity contribution in [3.05, 3.63) is 34.9 Å². The number of rotatable bonds is 5. The Morgan fingerprint density at radius 1 is 1.29 bits per heavy atom. The van der Waals surface area contributed by atoms with Crippen molar-refractivity contribution in [3.63, 3.8) is 0 Å². The van der Waals surface area contributed by atoms with Gasteiger partial charge in [0.15, 0.2) is 0 Å². The lowest BCUT2D eigenvalue weighted by molar-refractivity contribution is -0.122. The Labute approximate surface area is 134 Å². The first-order valence-electron chi connectivity index (χ1n) is 7.62. The second kappa shape index (κ2) is 7.81. The van der Waals surface area contributed by atoms with Crippen LogP contribution in [0, 0.1) is 13.8 Å². The summed E-state index contributed by atoms with van der Waals surface area (Å²) in [7, 11) is 0. The smallest absolute Gasteiger partial charge is 0.220 e. The van der Waals surface area contributed by atoms with Gasteiger partial charge in [-0.25, -0.2) is 0 Å². The van der Waals surface area contributed by atoms with Gasteiger partial charge in [0.1, 0.15) is 0 Å². The molecule has 3 N–H and O–H groups in total. The second-order valence-corrected chi connectivity index (χ2v) is 6.17. The van der Waals surface area contributed by atoms with Crippen molar-refractivity contribution in [2.45, 2.75) is 57.9 Å². The molecule has 0 atom stereocenters. The average molecular weight is 311 g/mol. The molecule has 0 aliphatic heterocycles. The minimum Gasteiger partial charge on any atom is -0.349 e. The van der Waals surface area contributed by atoms with Gasteiger partial charge in [0.05, 0.1) is 5.54 Å². The van der Waals surface area contributed by atoms with Gasteiger partial charge >= 0.3 is 0 Å². The van der Waals surface area contributed by atoms with Crippen molar-refractivity contribution < 1.29 is 4.79 Å². The molecule has 0 unspecified atom stereocenters. The van der Waals surface area contributed by atoms with E-state index in [0.29, 0.717) is 13.0 Å². The van der Waals surface area contributed by atoms with Gasteiger partial charge < -0.3 is 11.1 Å². The summed E-state index contributed by atoms with van der Waals surface area (Å²) >= 11 is 0. The van der Waals surface area contributed by atoms with E-state index < -0.39 is 0 Å². The second-order valence-electron chi connectivity index (χ2n) is 6.17. The van der Waals surface area contributed by atoms with Crippen molar-refractivity contribution in [2.75, 3.05) is 6.54 Å². The highest BCUT2D eigenvalue weighted by Crippen LogP contribution is 2.28. The van der Waals surface area contributed by atoms with E-state index in [9.17, 15) is 4.79 Å². The molecule has 21 heavy (non-hydrogen) atoms. The monoisotopic (exact) mass is 310 g/mol. The van der Waals surface area contributed by atoms with Crippen molar-refractivity contribution in [2.24, 2.45) is 5.73 Å². The van der Waals surface area contributed by atoms with E-state index in [0.717, 1.165) is 19.3 Å². The van der Waals surface area contributed by atoms with Crippen LogP contribution in [-0.4, -0.2) is 18.0 Å². The van der Waals surface area contributed by atoms with Gasteiger partial charge in [-0.3, -0.25) is 4.79 Å². The fourth-order valence-corrected chi connectivity index (χ4v) is 3.16. The molecule has 2 rings (SSSR count). The fourth-order valence-electron chi connectivity index (χ4n) is 3.16. The minimum absolute atomic E-state index is 0. The van der Waals surface area contributed by atoms with Crippen LogP contribution in [0.3, 0.4) is 0 Å². The van der Waals surface area contributed by atoms with Crippen molar-refractivity contribution in [1.29, 1.82) is 0 Å². The van der Waals surface area contributed by atoms with E-state index in [4.69, 9.17) is 5.73 Å². The molecule has 1 aliphatic carbocycles. The molecule has 0 saturated heterocycles. The number of hydrogen-bond donors (Lipinski definition) is 2. The largest absolute Gasteiger partial charge is 0.349 e. The summed E-state index contributed by atoms with van der Waals surface area (Å²) in [4.78, 5) is 12.1. The van der Waals surface area contributed by atoms with Gasteiger partial charge in [0, 0.05) is 13.0 Å². The van der Waals surface area contributed by atoms with Crippen LogP contribution in [-0.2, 0) is 11.2 Å². The maximum atomic E-state index is 12.1. The first-order valence-corrected chi connectivity index (χ1v) is 7.62. The Kier molecular flexibility index (Phi) is 6.69. The van der Waals surface area contributed by atoms with E-state index in [1.54, 1.807) is 0 Å². The highest BCUT2D eigenvalue weighted by Gasteiger charge is 2.33. The number of halogens is 1. The lowest BCUT2D eigenvalue weighted by Gasteiger charge is -2.28. The van der Waals surface area contributed by atoms with E-state index in [1.807, 2.05) is 0 Å². The first-order chi connectivity index (χ1) is 9.54. The highest BCUT2D eigenvalue weighted by molar-refractivity contribution is 5.85. The van der Waals surface area contributed by atoms with Crippen LogP contribution in [0.25, 0.3) is 0 Å². The Balaban J connectivity index is 0.00000220. The lowest BCUT2D eigenvalue weighted by Crippen LogP contribution is -2.51. The van der Waals surface area contributed by atoms with Crippen LogP contribution >= 0.6 is 12.4 Å². The van der Waals surface area contributed by atoms with Crippen LogP contribution in [0.5, 0.6) is 0 Å². The normalized spacial score (nSPS) is 16.3. The summed E-state index contributed by atoms with van der Waals surface area (Å²) in [5, 5.41) is 3.18. The predicted octanol–water partition coefficient (Wildman–Crippen LogP) is 3.05. The molecule has 0 heterocycles. The van der Waals surface area contributed by atoms with Crippen LogP contribution in [0.4, 0.5) is 0 Å². The van der Waals surface area contributed by atoms with Gasteiger partial charge in [0.25, 0.3) is 0 Å². The molecule has 1 aromatic carbocycles. The molecule has 1 aromatic rings. The summed E-state index contributed by atoms with van der Waals surface area (Å²) in [5.74, 6) is 0.136. The Morgan fingerprint density at radius 3 is 2.52 bits per heavy atom. The minimum atomic E-state index is -0.126. The van der Waals surface area contributed by atoms with Gasteiger partial charge in [-0.1, -0.05) is 36.6 Å². The molecule has 0 aromatic heterocycles. The number of hydrogen-bond acceptors (Lipinski definition) is 2. The summed E-state index contributed by atoms with van der Waals surface area (Å²) in [6, 6.07) is 6.41. The Morgan fingerprint density at radius 2 is 1.95 bits per heavy atom. The van der Waals surface area contributed by atoms with Crippen molar-refractivity contribution in [1.82, 2.24) is 5.32 Å². The number of nitrogens with one attached hydrogen (secondary N) is 1. The van der Waals surface area contributed by atoms with Crippen LogP contribution in [0.1, 0.15) is 48.8 Å². The fraction of sp³-hybridized carbons (Fsp3) is 0.588. The van der Waals surface area contributed by atoms with E-state index >= 15 is 0 Å². The average Bonchev–Trinajstić information content (AvgIpc) is 2.87. The maximum absolute atomic E-state index is 12.1. The molecule has 0 radical (unpaired) electrons. The van der Waals surface area contributed by atoms with E-state index in [1.165, 1.54) is 29.5 Å². The van der Waals surface area contributed by atoms with Gasteiger partial charge in [-0.05, 0) is 44.2 Å². The summed E-state index contributed by atoms with van der Waals surface area (Å²) < 4.78 is 0. The molecule has 1 saturated carbocycles. The van der Waals surface area contributed by atoms with Gasteiger partial charge in [-0.2, -0.15) is 0 Å². The molecular weight excluding hydrogens is 284 g/mol. The zero-order chi connectivity index (χ0) is 14.6. The van der Waals surface area contributed by atoms with Gasteiger partial charge in [-0.15, -0.1) is 12.4 Å². The molecule has 1 amide bonds. The molecule has 1 aliphatic rings. The zero-order valence-electron chi connectivity index (χ0n) is 13.1. The highest BCUT2D eigenvalue weighted by atomic mass is 35.5. The maximum Gasteiger partial charge on any atom is 0.220 e. The van der Waals surface area contributed by atoms with Gasteiger partial charge in [0.2, 0.25) is 5.91 Å². The van der Waals surface area contributed by atoms with Crippen molar-refractivity contribution in [3.8, 4) is 0 Å². The molecule has 118 valence electrons. The first kappa shape index (κ1) is 18.0. The number of benzene rings is 1. The number of nitrogens with two attached hydrogens (primary N) is 1. The third kappa shape index (κ3) is 4.72. The van der Waals surface area contributed by atoms with Crippen LogP contribution in [0.15, 0.2) is 18.2 Å². The summed E-state index contributed by atoms with van der Waals surface area (Å²) in [6.45, 7) is 4.76. The topological polar surface area (TPSA) is 55.1 Å². The Hall–Kier alpha value is -1.06. The third-order valence-corrected chi connectivity index (χ3v) is 4.48. The molecule has 1 fully saturated rings. The quantitative estimate of drug-likeness (QED) is 0.878. The Bertz CT molecular complexity index is 482. The molecule has 0 bridgehead atoms. The number of carbonyl (C=O) groups is 1. The number of amides is 1. The van der Waals surface area contributed by atoms with Crippen molar-refractivity contribution >= 4 is 18.3 Å².